The van der Waals surface area contributed by atoms with Crippen LogP contribution in [0.25, 0.3) is 0 Å². The molecule has 0 saturated carbocycles. The van der Waals surface area contributed by atoms with Gasteiger partial charge in [-0.15, -0.1) is 24.0 Å². The van der Waals surface area contributed by atoms with Crippen LogP contribution in [0.2, 0.25) is 0 Å². The number of carbonyl (C=O) groups excluding carboxylic acids is 1. The fourth-order valence-electron chi connectivity index (χ4n) is 3.27. The maximum absolute atomic E-state index is 12.4. The predicted octanol–water partition coefficient (Wildman–Crippen LogP) is 3.34. The first-order chi connectivity index (χ1) is 13.1. The van der Waals surface area contributed by atoms with Gasteiger partial charge in [0.1, 0.15) is 0 Å². The third kappa shape index (κ3) is 5.50. The fourth-order valence-corrected chi connectivity index (χ4v) is 3.27. The van der Waals surface area contributed by atoms with Gasteiger partial charge in [-0.25, -0.2) is 0 Å². The molecule has 28 heavy (non-hydrogen) atoms. The lowest BCUT2D eigenvalue weighted by atomic mass is 10.0. The number of hydrogen-bond acceptors (Lipinski definition) is 3. The first kappa shape index (κ1) is 22.3. The van der Waals surface area contributed by atoms with Crippen molar-refractivity contribution < 1.29 is 9.21 Å². The zero-order chi connectivity index (χ0) is 19.2. The summed E-state index contributed by atoms with van der Waals surface area (Å²) in [5, 5.41) is 3.48. The van der Waals surface area contributed by atoms with Crippen LogP contribution in [-0.4, -0.2) is 61.4 Å². The Labute approximate surface area is 184 Å². The number of carbonyl (C=O) groups is 1. The second kappa shape index (κ2) is 10.5. The van der Waals surface area contributed by atoms with E-state index in [1.807, 2.05) is 4.90 Å². The molecule has 6 nitrogen and oxygen atoms in total. The van der Waals surface area contributed by atoms with Crippen LogP contribution in [0.3, 0.4) is 0 Å². The smallest absolute Gasteiger partial charge is 0.289 e. The average Bonchev–Trinajstić information content (AvgIpc) is 3.23. The van der Waals surface area contributed by atoms with Crippen molar-refractivity contribution in [1.29, 1.82) is 0 Å². The van der Waals surface area contributed by atoms with Crippen LogP contribution in [0.15, 0.2) is 52.1 Å². The maximum atomic E-state index is 12.4. The fraction of sp³-hybridized carbons (Fsp3) is 0.429. The predicted molar refractivity (Wildman–Crippen MR) is 123 cm³/mol. The SMILES string of the molecule is CN=C(NCC(C)c1ccc(C)cc1)N1CCN(C(=O)c2ccco2)CC1.I. The van der Waals surface area contributed by atoms with Crippen LogP contribution in [0, 0.1) is 6.92 Å². The van der Waals surface area contributed by atoms with Gasteiger partial charge >= 0.3 is 0 Å². The number of nitrogens with one attached hydrogen (secondary N) is 1. The van der Waals surface area contributed by atoms with Crippen LogP contribution in [0.5, 0.6) is 0 Å². The topological polar surface area (TPSA) is 61.1 Å². The molecule has 1 atom stereocenters. The third-order valence-electron chi connectivity index (χ3n) is 5.02. The molecule has 1 N–H and O–H groups in total. The Morgan fingerprint density at radius 3 is 2.36 bits per heavy atom. The first-order valence-electron chi connectivity index (χ1n) is 9.43. The standard InChI is InChI=1S/C21H28N4O2.HI/c1-16-6-8-18(9-7-16)17(2)15-23-21(22-3)25-12-10-24(11-13-25)20(26)19-5-4-14-27-19;/h4-9,14,17H,10-13,15H2,1-3H3,(H,22,23);1H. The van der Waals surface area contributed by atoms with E-state index in [0.717, 1.165) is 25.6 Å². The monoisotopic (exact) mass is 496 g/mol. The van der Waals surface area contributed by atoms with E-state index in [1.54, 1.807) is 19.2 Å². The number of furan rings is 1. The van der Waals surface area contributed by atoms with Crippen molar-refractivity contribution in [2.45, 2.75) is 19.8 Å². The van der Waals surface area contributed by atoms with Crippen LogP contribution in [-0.2, 0) is 0 Å². The highest BCUT2D eigenvalue weighted by Crippen LogP contribution is 2.15. The van der Waals surface area contributed by atoms with E-state index in [4.69, 9.17) is 4.42 Å². The van der Waals surface area contributed by atoms with Gasteiger partial charge in [-0.3, -0.25) is 9.79 Å². The molecule has 1 amide bonds. The normalized spacial score (nSPS) is 15.8. The van der Waals surface area contributed by atoms with Crippen molar-refractivity contribution in [3.63, 3.8) is 0 Å². The molecule has 1 aliphatic heterocycles. The Balaban J connectivity index is 0.00000280. The van der Waals surface area contributed by atoms with Crippen molar-refractivity contribution in [2.24, 2.45) is 4.99 Å². The molecule has 152 valence electrons. The highest BCUT2D eigenvalue weighted by molar-refractivity contribution is 14.0. The molecule has 3 rings (SSSR count). The summed E-state index contributed by atoms with van der Waals surface area (Å²) in [6.07, 6.45) is 1.53. The Hall–Kier alpha value is -2.03. The second-order valence-electron chi connectivity index (χ2n) is 7.00. The van der Waals surface area contributed by atoms with Gasteiger partial charge in [0.15, 0.2) is 11.7 Å². The van der Waals surface area contributed by atoms with E-state index in [9.17, 15) is 4.79 Å². The molecule has 1 fully saturated rings. The molecule has 0 bridgehead atoms. The van der Waals surface area contributed by atoms with Crippen LogP contribution >= 0.6 is 24.0 Å². The van der Waals surface area contributed by atoms with Gasteiger partial charge in [0.2, 0.25) is 0 Å². The lowest BCUT2D eigenvalue weighted by Gasteiger charge is -2.36. The summed E-state index contributed by atoms with van der Waals surface area (Å²) in [4.78, 5) is 20.8. The number of aryl methyl sites for hydroxylation is 1. The van der Waals surface area contributed by atoms with E-state index < -0.39 is 0 Å². The third-order valence-corrected chi connectivity index (χ3v) is 5.02. The maximum Gasteiger partial charge on any atom is 0.289 e. The summed E-state index contributed by atoms with van der Waals surface area (Å²) < 4.78 is 5.22. The van der Waals surface area contributed by atoms with E-state index in [0.29, 0.717) is 24.8 Å². The number of nitrogens with zero attached hydrogens (tertiary/aromatic N) is 3. The molecule has 1 aromatic heterocycles. The summed E-state index contributed by atoms with van der Waals surface area (Å²) in [6.45, 7) is 7.97. The molecular weight excluding hydrogens is 467 g/mol. The summed E-state index contributed by atoms with van der Waals surface area (Å²) in [5.41, 5.74) is 2.59. The molecule has 2 aromatic rings. The lowest BCUT2D eigenvalue weighted by molar-refractivity contribution is 0.0657. The van der Waals surface area contributed by atoms with Gasteiger partial charge in [-0.2, -0.15) is 0 Å². The quantitative estimate of drug-likeness (QED) is 0.401. The molecule has 2 heterocycles. The zero-order valence-electron chi connectivity index (χ0n) is 16.7. The zero-order valence-corrected chi connectivity index (χ0v) is 19.1. The lowest BCUT2D eigenvalue weighted by Crippen LogP contribution is -2.54. The van der Waals surface area contributed by atoms with Gasteiger partial charge in [0.25, 0.3) is 5.91 Å². The highest BCUT2D eigenvalue weighted by atomic mass is 127. The van der Waals surface area contributed by atoms with Crippen molar-refractivity contribution >= 4 is 35.8 Å². The molecular formula is C21H29IN4O2. The van der Waals surface area contributed by atoms with Crippen LogP contribution < -0.4 is 5.32 Å². The molecule has 0 aliphatic carbocycles. The number of benzene rings is 1. The van der Waals surface area contributed by atoms with Gasteiger partial charge in [0, 0.05) is 39.8 Å². The Morgan fingerprint density at radius 2 is 1.79 bits per heavy atom. The number of piperazine rings is 1. The van der Waals surface area contributed by atoms with E-state index >= 15 is 0 Å². The number of guanidine groups is 1. The minimum absolute atomic E-state index is 0. The van der Waals surface area contributed by atoms with Gasteiger partial charge in [0.05, 0.1) is 6.26 Å². The highest BCUT2D eigenvalue weighted by Gasteiger charge is 2.25. The average molecular weight is 496 g/mol. The number of aliphatic imine (C=N–C) groups is 1. The first-order valence-corrected chi connectivity index (χ1v) is 9.43. The van der Waals surface area contributed by atoms with E-state index in [1.165, 1.54) is 17.4 Å². The number of amides is 1. The minimum Gasteiger partial charge on any atom is -0.459 e. The van der Waals surface area contributed by atoms with E-state index in [-0.39, 0.29) is 29.9 Å². The van der Waals surface area contributed by atoms with Gasteiger partial charge in [-0.05, 0) is 30.5 Å². The molecule has 0 spiro atoms. The van der Waals surface area contributed by atoms with Crippen molar-refractivity contribution in [3.8, 4) is 0 Å². The summed E-state index contributed by atoms with van der Waals surface area (Å²) in [5.74, 6) is 1.64. The molecule has 7 heteroatoms. The molecule has 0 radical (unpaired) electrons. The van der Waals surface area contributed by atoms with Gasteiger partial charge < -0.3 is 19.5 Å². The van der Waals surface area contributed by atoms with Gasteiger partial charge in [-0.1, -0.05) is 36.8 Å². The van der Waals surface area contributed by atoms with E-state index in [2.05, 4.69) is 53.3 Å². The summed E-state index contributed by atoms with van der Waals surface area (Å²) >= 11 is 0. The summed E-state index contributed by atoms with van der Waals surface area (Å²) in [7, 11) is 1.80. The number of rotatable bonds is 4. The van der Waals surface area contributed by atoms with Crippen LogP contribution in [0.1, 0.15) is 34.5 Å². The largest absolute Gasteiger partial charge is 0.459 e. The molecule has 1 aromatic carbocycles. The Bertz CT molecular complexity index is 766. The minimum atomic E-state index is -0.0458. The Kier molecular flexibility index (Phi) is 8.35. The van der Waals surface area contributed by atoms with Crippen LogP contribution in [0.4, 0.5) is 0 Å². The molecule has 1 aliphatic rings. The van der Waals surface area contributed by atoms with Crippen molar-refractivity contribution in [3.05, 3.63) is 59.5 Å². The van der Waals surface area contributed by atoms with Crippen molar-refractivity contribution in [1.82, 2.24) is 15.1 Å². The van der Waals surface area contributed by atoms with Crippen molar-refractivity contribution in [2.75, 3.05) is 39.8 Å². The molecule has 1 unspecified atom stereocenters. The second-order valence-corrected chi connectivity index (χ2v) is 7.00. The number of halogens is 1. The summed E-state index contributed by atoms with van der Waals surface area (Å²) in [6, 6.07) is 12.1. The number of hydrogen-bond donors (Lipinski definition) is 1. The Morgan fingerprint density at radius 1 is 1.14 bits per heavy atom. The molecule has 1 saturated heterocycles.